The third kappa shape index (κ3) is 3.36. The Hall–Kier alpha value is -1.58. The molecule has 0 spiro atoms. The van der Waals surface area contributed by atoms with Crippen molar-refractivity contribution in [3.63, 3.8) is 0 Å². The molecule has 2 aliphatic rings. The van der Waals surface area contributed by atoms with Crippen LogP contribution >= 0.6 is 0 Å². The standard InChI is InChI=1S/C17H24N2O2/c1-12-9-15(16(20)10-18-12)17(21)19(11-13-7-8-13)14-5-3-2-4-6-14/h9-10,13-14,20H,2-8,11H2,1H3. The van der Waals surface area contributed by atoms with Gasteiger partial charge in [0.1, 0.15) is 5.75 Å². The molecule has 0 aliphatic heterocycles. The molecule has 2 aliphatic carbocycles. The summed E-state index contributed by atoms with van der Waals surface area (Å²) < 4.78 is 0. The van der Waals surface area contributed by atoms with Crippen molar-refractivity contribution in [3.05, 3.63) is 23.5 Å². The number of rotatable bonds is 4. The third-order valence-corrected chi connectivity index (χ3v) is 4.68. The summed E-state index contributed by atoms with van der Waals surface area (Å²) in [6.45, 7) is 2.70. The van der Waals surface area contributed by atoms with Crippen LogP contribution in [0.3, 0.4) is 0 Å². The number of carbonyl (C=O) groups is 1. The van der Waals surface area contributed by atoms with Crippen LogP contribution in [0.5, 0.6) is 5.75 Å². The number of aryl methyl sites for hydroxylation is 1. The predicted molar refractivity (Wildman–Crippen MR) is 81.3 cm³/mol. The topological polar surface area (TPSA) is 53.4 Å². The Bertz CT molecular complexity index is 520. The molecule has 0 radical (unpaired) electrons. The van der Waals surface area contributed by atoms with Crippen molar-refractivity contribution >= 4 is 5.91 Å². The zero-order valence-corrected chi connectivity index (χ0v) is 12.7. The van der Waals surface area contributed by atoms with Gasteiger partial charge < -0.3 is 10.0 Å². The van der Waals surface area contributed by atoms with E-state index in [0.717, 1.165) is 25.1 Å². The molecular weight excluding hydrogens is 264 g/mol. The SMILES string of the molecule is Cc1cc(C(=O)N(CC2CC2)C2CCCCC2)c(O)cn1. The number of carbonyl (C=O) groups excluding carboxylic acids is 1. The normalized spacial score (nSPS) is 19.5. The van der Waals surface area contributed by atoms with Gasteiger partial charge in [-0.25, -0.2) is 0 Å². The minimum absolute atomic E-state index is 0.00204. The highest BCUT2D eigenvalue weighted by Gasteiger charge is 2.33. The van der Waals surface area contributed by atoms with Gasteiger partial charge in [0, 0.05) is 18.3 Å². The number of hydrogen-bond donors (Lipinski definition) is 1. The van der Waals surface area contributed by atoms with E-state index in [4.69, 9.17) is 0 Å². The molecule has 1 N–H and O–H groups in total. The summed E-state index contributed by atoms with van der Waals surface area (Å²) in [4.78, 5) is 19.0. The highest BCUT2D eigenvalue weighted by molar-refractivity contribution is 5.97. The van der Waals surface area contributed by atoms with E-state index in [2.05, 4.69) is 4.98 Å². The Labute approximate surface area is 126 Å². The highest BCUT2D eigenvalue weighted by Crippen LogP contribution is 2.34. The van der Waals surface area contributed by atoms with Gasteiger partial charge in [0.25, 0.3) is 5.91 Å². The molecule has 1 heterocycles. The first kappa shape index (κ1) is 14.4. The maximum Gasteiger partial charge on any atom is 0.257 e. The summed E-state index contributed by atoms with van der Waals surface area (Å²) in [5.74, 6) is 0.653. The van der Waals surface area contributed by atoms with Crippen LogP contribution in [0.2, 0.25) is 0 Å². The zero-order chi connectivity index (χ0) is 14.8. The van der Waals surface area contributed by atoms with Gasteiger partial charge in [-0.15, -0.1) is 0 Å². The Balaban J connectivity index is 1.83. The lowest BCUT2D eigenvalue weighted by molar-refractivity contribution is 0.0618. The first-order valence-corrected chi connectivity index (χ1v) is 8.11. The van der Waals surface area contributed by atoms with Crippen molar-refractivity contribution in [3.8, 4) is 5.75 Å². The summed E-state index contributed by atoms with van der Waals surface area (Å²) in [7, 11) is 0. The molecule has 0 saturated heterocycles. The minimum Gasteiger partial charge on any atom is -0.505 e. The van der Waals surface area contributed by atoms with Crippen molar-refractivity contribution in [1.29, 1.82) is 0 Å². The molecule has 0 bridgehead atoms. The number of hydrogen-bond acceptors (Lipinski definition) is 3. The van der Waals surface area contributed by atoms with Gasteiger partial charge in [0.05, 0.1) is 11.8 Å². The van der Waals surface area contributed by atoms with Gasteiger partial charge in [0.2, 0.25) is 0 Å². The van der Waals surface area contributed by atoms with E-state index in [1.807, 2.05) is 11.8 Å². The lowest BCUT2D eigenvalue weighted by atomic mass is 9.93. The third-order valence-electron chi connectivity index (χ3n) is 4.68. The molecule has 2 saturated carbocycles. The molecule has 4 nitrogen and oxygen atoms in total. The molecule has 0 aromatic carbocycles. The molecule has 2 fully saturated rings. The molecular formula is C17H24N2O2. The first-order chi connectivity index (χ1) is 10.1. The lowest BCUT2D eigenvalue weighted by Gasteiger charge is -2.34. The van der Waals surface area contributed by atoms with Gasteiger partial charge in [-0.2, -0.15) is 0 Å². The number of aromatic hydroxyl groups is 1. The quantitative estimate of drug-likeness (QED) is 0.925. The summed E-state index contributed by atoms with van der Waals surface area (Å²) >= 11 is 0. The van der Waals surface area contributed by atoms with E-state index >= 15 is 0 Å². The van der Waals surface area contributed by atoms with Gasteiger partial charge >= 0.3 is 0 Å². The van der Waals surface area contributed by atoms with E-state index in [0.29, 0.717) is 17.5 Å². The van der Waals surface area contributed by atoms with E-state index in [1.165, 1.54) is 38.3 Å². The van der Waals surface area contributed by atoms with Gasteiger partial charge in [-0.3, -0.25) is 9.78 Å². The van der Waals surface area contributed by atoms with Crippen LogP contribution < -0.4 is 0 Å². The summed E-state index contributed by atoms with van der Waals surface area (Å²) in [5, 5.41) is 9.99. The highest BCUT2D eigenvalue weighted by atomic mass is 16.3. The van der Waals surface area contributed by atoms with Gasteiger partial charge in [0.15, 0.2) is 0 Å². The fourth-order valence-corrected chi connectivity index (χ4v) is 3.25. The van der Waals surface area contributed by atoms with Crippen molar-refractivity contribution in [1.82, 2.24) is 9.88 Å². The fourth-order valence-electron chi connectivity index (χ4n) is 3.25. The minimum atomic E-state index is -0.0169. The lowest BCUT2D eigenvalue weighted by Crippen LogP contribution is -2.42. The Morgan fingerprint density at radius 2 is 2.00 bits per heavy atom. The zero-order valence-electron chi connectivity index (χ0n) is 12.7. The Kier molecular flexibility index (Phi) is 4.13. The van der Waals surface area contributed by atoms with Crippen molar-refractivity contribution < 1.29 is 9.90 Å². The number of amides is 1. The molecule has 0 unspecified atom stereocenters. The fraction of sp³-hybridized carbons (Fsp3) is 0.647. The number of aromatic nitrogens is 1. The van der Waals surface area contributed by atoms with E-state index in [9.17, 15) is 9.90 Å². The van der Waals surface area contributed by atoms with Crippen LogP contribution in [0.25, 0.3) is 0 Å². The van der Waals surface area contributed by atoms with Crippen molar-refractivity contribution in [2.24, 2.45) is 5.92 Å². The maximum absolute atomic E-state index is 12.9. The monoisotopic (exact) mass is 288 g/mol. The summed E-state index contributed by atoms with van der Waals surface area (Å²) in [6.07, 6.45) is 9.75. The predicted octanol–water partition coefficient (Wildman–Crippen LogP) is 3.28. The first-order valence-electron chi connectivity index (χ1n) is 8.11. The van der Waals surface area contributed by atoms with Gasteiger partial charge in [-0.05, 0) is 44.6 Å². The average molecular weight is 288 g/mol. The largest absolute Gasteiger partial charge is 0.505 e. The van der Waals surface area contributed by atoms with E-state index < -0.39 is 0 Å². The molecule has 1 aromatic rings. The maximum atomic E-state index is 12.9. The van der Waals surface area contributed by atoms with Crippen LogP contribution in [0.4, 0.5) is 0 Å². The van der Waals surface area contributed by atoms with Crippen LogP contribution in [-0.2, 0) is 0 Å². The summed E-state index contributed by atoms with van der Waals surface area (Å²) in [6, 6.07) is 2.06. The second-order valence-electron chi connectivity index (χ2n) is 6.54. The van der Waals surface area contributed by atoms with Crippen molar-refractivity contribution in [2.75, 3.05) is 6.54 Å². The van der Waals surface area contributed by atoms with Crippen molar-refractivity contribution in [2.45, 2.75) is 57.9 Å². The summed E-state index contributed by atoms with van der Waals surface area (Å²) in [5.41, 5.74) is 1.18. The van der Waals surface area contributed by atoms with Crippen LogP contribution in [0.15, 0.2) is 12.3 Å². The Morgan fingerprint density at radius 3 is 2.67 bits per heavy atom. The molecule has 21 heavy (non-hydrogen) atoms. The number of nitrogens with zero attached hydrogens (tertiary/aromatic N) is 2. The molecule has 114 valence electrons. The van der Waals surface area contributed by atoms with E-state index in [-0.39, 0.29) is 11.7 Å². The average Bonchev–Trinajstić information content (AvgIpc) is 3.32. The Morgan fingerprint density at radius 1 is 1.29 bits per heavy atom. The number of pyridine rings is 1. The molecule has 3 rings (SSSR count). The second-order valence-corrected chi connectivity index (χ2v) is 6.54. The molecule has 1 amide bonds. The van der Waals surface area contributed by atoms with Crippen LogP contribution in [0.1, 0.15) is 61.0 Å². The smallest absolute Gasteiger partial charge is 0.257 e. The van der Waals surface area contributed by atoms with Gasteiger partial charge in [-0.1, -0.05) is 19.3 Å². The second kappa shape index (κ2) is 6.04. The molecule has 0 atom stereocenters. The molecule has 1 aromatic heterocycles. The van der Waals surface area contributed by atoms with Crippen LogP contribution in [-0.4, -0.2) is 33.5 Å². The van der Waals surface area contributed by atoms with Crippen LogP contribution in [0, 0.1) is 12.8 Å². The molecule has 4 heteroatoms. The van der Waals surface area contributed by atoms with E-state index in [1.54, 1.807) is 6.07 Å².